The maximum Gasteiger partial charge on any atom is 0.317 e. The van der Waals surface area contributed by atoms with Gasteiger partial charge in [-0.1, -0.05) is 27.2 Å². The van der Waals surface area contributed by atoms with Crippen LogP contribution in [0.5, 0.6) is 0 Å². The number of hydrogen-bond acceptors (Lipinski definition) is 3. The summed E-state index contributed by atoms with van der Waals surface area (Å²) in [6.07, 6.45) is 4.34. The van der Waals surface area contributed by atoms with Gasteiger partial charge in [0.2, 0.25) is 0 Å². The first kappa shape index (κ1) is 17.5. The number of likely N-dealkylation sites (tertiary alicyclic amines) is 1. The summed E-state index contributed by atoms with van der Waals surface area (Å²) in [5.41, 5.74) is -0.650. The molecule has 3 aliphatic rings. The minimum atomic E-state index is -0.737. The van der Waals surface area contributed by atoms with Gasteiger partial charge in [0.1, 0.15) is 0 Å². The van der Waals surface area contributed by atoms with Gasteiger partial charge in [0, 0.05) is 25.7 Å². The third-order valence-electron chi connectivity index (χ3n) is 6.16. The molecule has 2 heterocycles. The molecule has 2 unspecified atom stereocenters. The van der Waals surface area contributed by atoms with Crippen LogP contribution in [0.25, 0.3) is 0 Å². The predicted octanol–water partition coefficient (Wildman–Crippen LogP) is 2.48. The highest BCUT2D eigenvalue weighted by molar-refractivity contribution is 5.80. The van der Waals surface area contributed by atoms with Crippen LogP contribution < -0.4 is 5.32 Å². The number of rotatable bonds is 2. The molecule has 0 bridgehead atoms. The molecule has 0 aromatic heterocycles. The smallest absolute Gasteiger partial charge is 0.317 e. The molecule has 24 heavy (non-hydrogen) atoms. The summed E-state index contributed by atoms with van der Waals surface area (Å²) in [5, 5.41) is 12.8. The first-order valence-corrected chi connectivity index (χ1v) is 9.13. The van der Waals surface area contributed by atoms with Crippen molar-refractivity contribution in [3.05, 3.63) is 0 Å². The van der Waals surface area contributed by atoms with Crippen LogP contribution in [0, 0.1) is 16.7 Å². The van der Waals surface area contributed by atoms with Crippen molar-refractivity contribution in [2.24, 2.45) is 16.7 Å². The highest BCUT2D eigenvalue weighted by Crippen LogP contribution is 2.48. The molecule has 2 saturated heterocycles. The molecule has 6 heteroatoms. The van der Waals surface area contributed by atoms with Crippen LogP contribution >= 0.6 is 0 Å². The van der Waals surface area contributed by atoms with Gasteiger partial charge in [-0.25, -0.2) is 4.79 Å². The van der Waals surface area contributed by atoms with Gasteiger partial charge in [-0.3, -0.25) is 4.79 Å². The summed E-state index contributed by atoms with van der Waals surface area (Å²) in [5.74, 6) is -0.628. The summed E-state index contributed by atoms with van der Waals surface area (Å²) in [7, 11) is 0. The average molecular weight is 338 g/mol. The van der Waals surface area contributed by atoms with E-state index in [1.807, 2.05) is 0 Å². The van der Waals surface area contributed by atoms with E-state index in [1.54, 1.807) is 4.90 Å². The summed E-state index contributed by atoms with van der Waals surface area (Å²) < 4.78 is 5.85. The van der Waals surface area contributed by atoms with Crippen LogP contribution in [0.1, 0.15) is 52.9 Å². The molecule has 136 valence electrons. The second-order valence-electron chi connectivity index (χ2n) is 8.83. The zero-order valence-electron chi connectivity index (χ0n) is 15.0. The highest BCUT2D eigenvalue weighted by atomic mass is 16.5. The lowest BCUT2D eigenvalue weighted by molar-refractivity contribution is -0.149. The van der Waals surface area contributed by atoms with Crippen LogP contribution in [0.2, 0.25) is 0 Å². The van der Waals surface area contributed by atoms with Gasteiger partial charge >= 0.3 is 12.0 Å². The minimum Gasteiger partial charge on any atom is -0.481 e. The monoisotopic (exact) mass is 338 g/mol. The molecule has 2 N–H and O–H groups in total. The molecule has 2 amide bonds. The van der Waals surface area contributed by atoms with E-state index in [1.165, 1.54) is 0 Å². The molecule has 0 aromatic rings. The number of carboxylic acids is 1. The fourth-order valence-corrected chi connectivity index (χ4v) is 4.59. The quantitative estimate of drug-likeness (QED) is 0.811. The summed E-state index contributed by atoms with van der Waals surface area (Å²) in [6.45, 7) is 8.05. The molecule has 3 rings (SSSR count). The Hall–Kier alpha value is -1.30. The second kappa shape index (κ2) is 6.21. The number of urea groups is 1. The third kappa shape index (κ3) is 3.13. The molecular formula is C18H30N2O4. The van der Waals surface area contributed by atoms with Gasteiger partial charge in [0.05, 0.1) is 11.5 Å². The lowest BCUT2D eigenvalue weighted by Crippen LogP contribution is -2.50. The Bertz CT molecular complexity index is 516. The number of fused-ring (bicyclic) bond motifs is 1. The third-order valence-corrected chi connectivity index (χ3v) is 6.16. The van der Waals surface area contributed by atoms with Crippen molar-refractivity contribution in [3.63, 3.8) is 0 Å². The van der Waals surface area contributed by atoms with Crippen LogP contribution in [-0.4, -0.2) is 53.8 Å². The number of nitrogens with zero attached hydrogens (tertiary/aromatic N) is 1. The zero-order valence-corrected chi connectivity index (χ0v) is 15.0. The van der Waals surface area contributed by atoms with E-state index < -0.39 is 11.4 Å². The Morgan fingerprint density at radius 1 is 1.29 bits per heavy atom. The van der Waals surface area contributed by atoms with Gasteiger partial charge in [0.15, 0.2) is 0 Å². The molecule has 0 aromatic carbocycles. The summed E-state index contributed by atoms with van der Waals surface area (Å²) in [4.78, 5) is 26.1. The van der Waals surface area contributed by atoms with E-state index >= 15 is 0 Å². The molecule has 2 aliphatic heterocycles. The van der Waals surface area contributed by atoms with Gasteiger partial charge in [0.25, 0.3) is 0 Å². The standard InChI is InChI=1S/C18H30N2O4/c1-17(2,3)14-9-13(6-8-24-14)19-16(23)20-10-12-5-4-7-18(12,11-20)15(21)22/h12-14H,4-11H2,1-3H3,(H,19,23)(H,21,22)/t12-,13?,14?,18+/m0/s1. The van der Waals surface area contributed by atoms with E-state index in [2.05, 4.69) is 26.1 Å². The minimum absolute atomic E-state index is 0.0570. The molecule has 0 spiro atoms. The van der Waals surface area contributed by atoms with Crippen molar-refractivity contribution < 1.29 is 19.4 Å². The molecule has 4 atom stereocenters. The molecule has 1 aliphatic carbocycles. The average Bonchev–Trinajstić information content (AvgIpc) is 3.04. The first-order chi connectivity index (χ1) is 11.2. The molecule has 1 saturated carbocycles. The molecule has 3 fully saturated rings. The number of aliphatic carboxylic acids is 1. The number of hydrogen-bond donors (Lipinski definition) is 2. The normalized spacial score (nSPS) is 36.5. The van der Waals surface area contributed by atoms with Crippen LogP contribution in [0.3, 0.4) is 0 Å². The number of carbonyl (C=O) groups is 2. The van der Waals surface area contributed by atoms with Crippen molar-refractivity contribution in [2.45, 2.75) is 65.0 Å². The van der Waals surface area contributed by atoms with Crippen LogP contribution in [0.15, 0.2) is 0 Å². The van der Waals surface area contributed by atoms with Crippen molar-refractivity contribution in [1.29, 1.82) is 0 Å². The van der Waals surface area contributed by atoms with Crippen LogP contribution in [-0.2, 0) is 9.53 Å². The largest absolute Gasteiger partial charge is 0.481 e. The number of carboxylic acid groups (broad SMARTS) is 1. The maximum absolute atomic E-state index is 12.6. The van der Waals surface area contributed by atoms with E-state index in [4.69, 9.17) is 4.74 Å². The fraction of sp³-hybridized carbons (Fsp3) is 0.889. The lowest BCUT2D eigenvalue weighted by atomic mass is 9.81. The van der Waals surface area contributed by atoms with Crippen molar-refractivity contribution in [2.75, 3.05) is 19.7 Å². The van der Waals surface area contributed by atoms with E-state index in [0.717, 1.165) is 25.7 Å². The number of ether oxygens (including phenoxy) is 1. The number of carbonyl (C=O) groups excluding carboxylic acids is 1. The highest BCUT2D eigenvalue weighted by Gasteiger charge is 2.56. The van der Waals surface area contributed by atoms with Crippen molar-refractivity contribution in [1.82, 2.24) is 10.2 Å². The molecule has 0 radical (unpaired) electrons. The van der Waals surface area contributed by atoms with Crippen molar-refractivity contribution in [3.8, 4) is 0 Å². The predicted molar refractivity (Wildman–Crippen MR) is 89.7 cm³/mol. The molecular weight excluding hydrogens is 308 g/mol. The Kier molecular flexibility index (Phi) is 4.53. The Balaban J connectivity index is 1.59. The van der Waals surface area contributed by atoms with E-state index in [0.29, 0.717) is 26.1 Å². The topological polar surface area (TPSA) is 78.9 Å². The Morgan fingerprint density at radius 2 is 2.04 bits per heavy atom. The van der Waals surface area contributed by atoms with Crippen molar-refractivity contribution >= 4 is 12.0 Å². The number of amides is 2. The lowest BCUT2D eigenvalue weighted by Gasteiger charge is -2.38. The molecule has 6 nitrogen and oxygen atoms in total. The first-order valence-electron chi connectivity index (χ1n) is 9.13. The zero-order chi connectivity index (χ0) is 17.5. The van der Waals surface area contributed by atoms with Gasteiger partial charge in [-0.15, -0.1) is 0 Å². The Morgan fingerprint density at radius 3 is 2.67 bits per heavy atom. The summed E-state index contributed by atoms with van der Waals surface area (Å²) in [6, 6.07) is 0.00118. The SMILES string of the molecule is CC(C)(C)C1CC(NC(=O)N2C[C@@H]3CCC[C@@]3(C(=O)O)C2)CCO1. The number of nitrogens with one attached hydrogen (secondary N) is 1. The second-order valence-corrected chi connectivity index (χ2v) is 8.83. The van der Waals surface area contributed by atoms with E-state index in [-0.39, 0.29) is 29.5 Å². The maximum atomic E-state index is 12.6. The van der Waals surface area contributed by atoms with Crippen LogP contribution in [0.4, 0.5) is 4.79 Å². The van der Waals surface area contributed by atoms with Gasteiger partial charge < -0.3 is 20.1 Å². The van der Waals surface area contributed by atoms with Gasteiger partial charge in [-0.2, -0.15) is 0 Å². The summed E-state index contributed by atoms with van der Waals surface area (Å²) >= 11 is 0. The van der Waals surface area contributed by atoms with Gasteiger partial charge in [-0.05, 0) is 37.0 Å². The van der Waals surface area contributed by atoms with E-state index in [9.17, 15) is 14.7 Å². The fourth-order valence-electron chi connectivity index (χ4n) is 4.59. The Labute approximate surface area is 143 Å².